The third kappa shape index (κ3) is 5.14. The molecule has 1 fully saturated rings. The third-order valence-corrected chi connectivity index (χ3v) is 5.47. The molecule has 30 heavy (non-hydrogen) atoms. The highest BCUT2D eigenvalue weighted by molar-refractivity contribution is 6.30. The first-order valence-electron chi connectivity index (χ1n) is 9.99. The molecule has 1 N–H and O–H groups in total. The van der Waals surface area contributed by atoms with Crippen LogP contribution in [-0.4, -0.2) is 54.2 Å². The van der Waals surface area contributed by atoms with Gasteiger partial charge in [-0.05, 0) is 49.0 Å². The number of nitrogens with one attached hydrogen (secondary N) is 1. The quantitative estimate of drug-likeness (QED) is 0.680. The Hall–Kier alpha value is -2.96. The van der Waals surface area contributed by atoms with Gasteiger partial charge in [-0.2, -0.15) is 0 Å². The monoisotopic (exact) mass is 421 g/mol. The van der Waals surface area contributed by atoms with Crippen LogP contribution in [0.2, 0.25) is 5.02 Å². The van der Waals surface area contributed by atoms with Gasteiger partial charge in [0, 0.05) is 42.5 Å². The standard InChI is InChI=1S/C23H24ClN5O/c1-28-12-14-29(15-13-28)22-11-10-21(26-27-22)18-4-8-20(9-5-18)25-23(30)16-17-2-6-19(24)7-3-17/h2-11H,12-16H2,1H3,(H,25,30). The van der Waals surface area contributed by atoms with Crippen molar-refractivity contribution >= 4 is 29.0 Å². The number of carbonyl (C=O) groups excluding carboxylic acids is 1. The highest BCUT2D eigenvalue weighted by Gasteiger charge is 2.15. The van der Waals surface area contributed by atoms with Gasteiger partial charge in [0.1, 0.15) is 0 Å². The van der Waals surface area contributed by atoms with Crippen molar-refractivity contribution in [3.8, 4) is 11.3 Å². The van der Waals surface area contributed by atoms with Gasteiger partial charge in [0.05, 0.1) is 12.1 Å². The first-order valence-corrected chi connectivity index (χ1v) is 10.4. The van der Waals surface area contributed by atoms with Crippen LogP contribution in [0.1, 0.15) is 5.56 Å². The Morgan fingerprint density at radius 1 is 0.933 bits per heavy atom. The van der Waals surface area contributed by atoms with Gasteiger partial charge in [0.15, 0.2) is 5.82 Å². The van der Waals surface area contributed by atoms with Crippen molar-refractivity contribution in [3.63, 3.8) is 0 Å². The molecule has 0 spiro atoms. The molecule has 3 aromatic rings. The van der Waals surface area contributed by atoms with Gasteiger partial charge in [-0.1, -0.05) is 35.9 Å². The number of nitrogens with zero attached hydrogens (tertiary/aromatic N) is 4. The summed E-state index contributed by atoms with van der Waals surface area (Å²) < 4.78 is 0. The van der Waals surface area contributed by atoms with Crippen LogP contribution in [0.15, 0.2) is 60.7 Å². The van der Waals surface area contributed by atoms with Gasteiger partial charge in [-0.3, -0.25) is 4.79 Å². The van der Waals surface area contributed by atoms with Crippen molar-refractivity contribution in [2.75, 3.05) is 43.4 Å². The molecule has 4 rings (SSSR count). The molecule has 0 saturated carbocycles. The van der Waals surface area contributed by atoms with E-state index in [0.29, 0.717) is 11.4 Å². The van der Waals surface area contributed by atoms with Gasteiger partial charge in [0.2, 0.25) is 5.91 Å². The summed E-state index contributed by atoms with van der Waals surface area (Å²) in [5.41, 5.74) is 3.44. The number of piperazine rings is 1. The number of amides is 1. The number of aromatic nitrogens is 2. The Labute approximate surface area is 181 Å². The van der Waals surface area contributed by atoms with E-state index >= 15 is 0 Å². The topological polar surface area (TPSA) is 61.4 Å². The Bertz CT molecular complexity index is 982. The van der Waals surface area contributed by atoms with Crippen LogP contribution in [0, 0.1) is 0 Å². The maximum atomic E-state index is 12.3. The predicted octanol–water partition coefficient (Wildman–Crippen LogP) is 3.73. The van der Waals surface area contributed by atoms with E-state index in [1.165, 1.54) is 0 Å². The minimum absolute atomic E-state index is 0.0682. The number of benzene rings is 2. The summed E-state index contributed by atoms with van der Waals surface area (Å²) in [6, 6.07) is 18.9. The second-order valence-corrected chi connectivity index (χ2v) is 7.93. The summed E-state index contributed by atoms with van der Waals surface area (Å²) in [7, 11) is 2.13. The normalized spacial score (nSPS) is 14.5. The molecule has 154 valence electrons. The van der Waals surface area contributed by atoms with E-state index in [1.807, 2.05) is 48.5 Å². The van der Waals surface area contributed by atoms with E-state index in [1.54, 1.807) is 12.1 Å². The van der Waals surface area contributed by atoms with E-state index in [4.69, 9.17) is 11.6 Å². The highest BCUT2D eigenvalue weighted by Crippen LogP contribution is 2.21. The van der Waals surface area contributed by atoms with Crippen molar-refractivity contribution in [3.05, 3.63) is 71.2 Å². The summed E-state index contributed by atoms with van der Waals surface area (Å²) in [6.45, 7) is 4.01. The molecular formula is C23H24ClN5O. The van der Waals surface area contributed by atoms with Crippen LogP contribution in [0.25, 0.3) is 11.3 Å². The average Bonchev–Trinajstić information content (AvgIpc) is 2.77. The van der Waals surface area contributed by atoms with E-state index in [-0.39, 0.29) is 5.91 Å². The van der Waals surface area contributed by atoms with Crippen LogP contribution in [0.3, 0.4) is 0 Å². The van der Waals surface area contributed by atoms with Crippen LogP contribution < -0.4 is 10.2 Å². The molecular weight excluding hydrogens is 398 g/mol. The lowest BCUT2D eigenvalue weighted by molar-refractivity contribution is -0.115. The molecule has 0 atom stereocenters. The van der Waals surface area contributed by atoms with Gasteiger partial charge in [0.25, 0.3) is 0 Å². The molecule has 7 heteroatoms. The fourth-order valence-corrected chi connectivity index (χ4v) is 3.53. The smallest absolute Gasteiger partial charge is 0.228 e. The van der Waals surface area contributed by atoms with Crippen LogP contribution in [0.4, 0.5) is 11.5 Å². The van der Waals surface area contributed by atoms with E-state index in [0.717, 1.165) is 54.5 Å². The molecule has 0 radical (unpaired) electrons. The first kappa shape index (κ1) is 20.3. The van der Waals surface area contributed by atoms with Gasteiger partial charge < -0.3 is 15.1 Å². The average molecular weight is 422 g/mol. The second kappa shape index (κ2) is 9.24. The molecule has 0 unspecified atom stereocenters. The van der Waals surface area contributed by atoms with Crippen molar-refractivity contribution in [2.24, 2.45) is 0 Å². The van der Waals surface area contributed by atoms with Gasteiger partial charge in [-0.25, -0.2) is 0 Å². The lowest BCUT2D eigenvalue weighted by Crippen LogP contribution is -2.44. The zero-order valence-corrected chi connectivity index (χ0v) is 17.6. The molecule has 1 saturated heterocycles. The Balaban J connectivity index is 1.36. The van der Waals surface area contributed by atoms with Gasteiger partial charge >= 0.3 is 0 Å². The lowest BCUT2D eigenvalue weighted by Gasteiger charge is -2.32. The van der Waals surface area contributed by atoms with E-state index < -0.39 is 0 Å². The van der Waals surface area contributed by atoms with Crippen LogP contribution in [0.5, 0.6) is 0 Å². The molecule has 1 aliphatic heterocycles. The van der Waals surface area contributed by atoms with Crippen molar-refractivity contribution in [1.82, 2.24) is 15.1 Å². The molecule has 0 bridgehead atoms. The van der Waals surface area contributed by atoms with E-state index in [9.17, 15) is 4.79 Å². The summed E-state index contributed by atoms with van der Waals surface area (Å²) in [6.07, 6.45) is 0.304. The van der Waals surface area contributed by atoms with Crippen molar-refractivity contribution in [1.29, 1.82) is 0 Å². The molecule has 1 amide bonds. The summed E-state index contributed by atoms with van der Waals surface area (Å²) in [4.78, 5) is 16.8. The maximum Gasteiger partial charge on any atom is 0.228 e. The maximum absolute atomic E-state index is 12.3. The van der Waals surface area contributed by atoms with Crippen LogP contribution >= 0.6 is 11.6 Å². The van der Waals surface area contributed by atoms with Crippen molar-refractivity contribution in [2.45, 2.75) is 6.42 Å². The fourth-order valence-electron chi connectivity index (χ4n) is 3.40. The Kier molecular flexibility index (Phi) is 6.26. The summed E-state index contributed by atoms with van der Waals surface area (Å²) in [5, 5.41) is 12.4. The van der Waals surface area contributed by atoms with E-state index in [2.05, 4.69) is 32.4 Å². The van der Waals surface area contributed by atoms with Gasteiger partial charge in [-0.15, -0.1) is 10.2 Å². The third-order valence-electron chi connectivity index (χ3n) is 5.22. The minimum Gasteiger partial charge on any atom is -0.353 e. The molecule has 6 nitrogen and oxygen atoms in total. The Morgan fingerprint density at radius 3 is 2.27 bits per heavy atom. The SMILES string of the molecule is CN1CCN(c2ccc(-c3ccc(NC(=O)Cc4ccc(Cl)cc4)cc3)nn2)CC1. The first-order chi connectivity index (χ1) is 14.6. The number of anilines is 2. The number of rotatable bonds is 5. The number of hydrogen-bond acceptors (Lipinski definition) is 5. The Morgan fingerprint density at radius 2 is 1.63 bits per heavy atom. The fraction of sp³-hybridized carbons (Fsp3) is 0.261. The summed E-state index contributed by atoms with van der Waals surface area (Å²) >= 11 is 5.88. The molecule has 0 aliphatic carbocycles. The van der Waals surface area contributed by atoms with Crippen molar-refractivity contribution < 1.29 is 4.79 Å². The zero-order chi connectivity index (χ0) is 20.9. The number of hydrogen-bond donors (Lipinski definition) is 1. The largest absolute Gasteiger partial charge is 0.353 e. The number of likely N-dealkylation sites (N-methyl/N-ethyl adjacent to an activating group) is 1. The minimum atomic E-state index is -0.0682. The van der Waals surface area contributed by atoms with Crippen LogP contribution in [-0.2, 0) is 11.2 Å². The number of halogens is 1. The highest BCUT2D eigenvalue weighted by atomic mass is 35.5. The molecule has 1 aliphatic rings. The second-order valence-electron chi connectivity index (χ2n) is 7.50. The predicted molar refractivity (Wildman–Crippen MR) is 121 cm³/mol. The molecule has 2 aromatic carbocycles. The lowest BCUT2D eigenvalue weighted by atomic mass is 10.1. The number of carbonyl (C=O) groups is 1. The molecule has 1 aromatic heterocycles. The molecule has 2 heterocycles. The zero-order valence-electron chi connectivity index (χ0n) is 16.9. The summed E-state index contributed by atoms with van der Waals surface area (Å²) in [5.74, 6) is 0.847.